The van der Waals surface area contributed by atoms with E-state index in [-0.39, 0.29) is 12.1 Å². The molecule has 0 N–H and O–H groups in total. The van der Waals surface area contributed by atoms with Crippen LogP contribution in [0.2, 0.25) is 0 Å². The lowest BCUT2D eigenvalue weighted by Gasteiger charge is -2.10. The molecule has 0 aromatic heterocycles. The van der Waals surface area contributed by atoms with E-state index in [9.17, 15) is 4.79 Å². The van der Waals surface area contributed by atoms with Crippen LogP contribution in [0.5, 0.6) is 0 Å². The summed E-state index contributed by atoms with van der Waals surface area (Å²) in [5.41, 5.74) is 0. The highest BCUT2D eigenvalue weighted by atomic mass is 16.5. The molecule has 1 atom stereocenters. The molecule has 0 amide bonds. The highest BCUT2D eigenvalue weighted by molar-refractivity contribution is 5.69. The van der Waals surface area contributed by atoms with Gasteiger partial charge in [0.2, 0.25) is 0 Å². The van der Waals surface area contributed by atoms with Crippen LogP contribution in [0.25, 0.3) is 0 Å². The molecule has 0 radical (unpaired) electrons. The van der Waals surface area contributed by atoms with Crippen molar-refractivity contribution in [2.75, 3.05) is 0 Å². The second-order valence-corrected chi connectivity index (χ2v) is 4.23. The van der Waals surface area contributed by atoms with E-state index in [1.54, 1.807) is 0 Å². The average Bonchev–Trinajstić information content (AvgIpc) is 2.23. The topological polar surface area (TPSA) is 26.3 Å². The van der Waals surface area contributed by atoms with Gasteiger partial charge in [0.05, 0.1) is 6.10 Å². The van der Waals surface area contributed by atoms with Crippen molar-refractivity contribution in [3.05, 3.63) is 0 Å². The molecule has 0 spiro atoms. The molecule has 15 heavy (non-hydrogen) atoms. The Morgan fingerprint density at radius 1 is 1.07 bits per heavy atom. The predicted molar refractivity (Wildman–Crippen MR) is 63.8 cm³/mol. The fourth-order valence-corrected chi connectivity index (χ4v) is 1.42. The van der Waals surface area contributed by atoms with E-state index in [1.807, 2.05) is 13.8 Å². The SMILES string of the molecule is CCCCCCCCC(=O)O[C@@H](C)CC. The second-order valence-electron chi connectivity index (χ2n) is 4.23. The van der Waals surface area contributed by atoms with Gasteiger partial charge >= 0.3 is 5.97 Å². The third kappa shape index (κ3) is 9.77. The van der Waals surface area contributed by atoms with Gasteiger partial charge in [-0.05, 0) is 19.8 Å². The van der Waals surface area contributed by atoms with E-state index in [4.69, 9.17) is 4.74 Å². The normalized spacial score (nSPS) is 12.5. The molecular weight excluding hydrogens is 188 g/mol. The maximum atomic E-state index is 11.3. The van der Waals surface area contributed by atoms with Gasteiger partial charge in [-0.25, -0.2) is 0 Å². The third-order valence-electron chi connectivity index (χ3n) is 2.64. The van der Waals surface area contributed by atoms with E-state index in [1.165, 1.54) is 25.7 Å². The number of unbranched alkanes of at least 4 members (excludes halogenated alkanes) is 5. The molecular formula is C13H26O2. The summed E-state index contributed by atoms with van der Waals surface area (Å²) in [6.07, 6.45) is 8.87. The van der Waals surface area contributed by atoms with Crippen molar-refractivity contribution in [3.63, 3.8) is 0 Å². The van der Waals surface area contributed by atoms with Crippen molar-refractivity contribution in [2.45, 2.75) is 78.2 Å². The Morgan fingerprint density at radius 3 is 2.27 bits per heavy atom. The first kappa shape index (κ1) is 14.5. The molecule has 0 heterocycles. The molecule has 2 heteroatoms. The molecule has 0 saturated carbocycles. The molecule has 0 aromatic rings. The lowest BCUT2D eigenvalue weighted by atomic mass is 10.1. The highest BCUT2D eigenvalue weighted by Crippen LogP contribution is 2.08. The van der Waals surface area contributed by atoms with Crippen molar-refractivity contribution in [1.82, 2.24) is 0 Å². The van der Waals surface area contributed by atoms with Gasteiger partial charge in [-0.3, -0.25) is 4.79 Å². The van der Waals surface area contributed by atoms with Gasteiger partial charge in [0.1, 0.15) is 0 Å². The number of carbonyl (C=O) groups excluding carboxylic acids is 1. The molecule has 0 fully saturated rings. The van der Waals surface area contributed by atoms with Crippen molar-refractivity contribution in [1.29, 1.82) is 0 Å². The Labute approximate surface area is 94.4 Å². The fourth-order valence-electron chi connectivity index (χ4n) is 1.42. The molecule has 0 aliphatic rings. The van der Waals surface area contributed by atoms with Crippen LogP contribution in [0.15, 0.2) is 0 Å². The Hall–Kier alpha value is -0.530. The second kappa shape index (κ2) is 10.0. The van der Waals surface area contributed by atoms with Gasteiger partial charge in [0, 0.05) is 6.42 Å². The largest absolute Gasteiger partial charge is 0.463 e. The van der Waals surface area contributed by atoms with Crippen LogP contribution in [0.1, 0.15) is 72.1 Å². The van der Waals surface area contributed by atoms with Gasteiger partial charge in [-0.2, -0.15) is 0 Å². The van der Waals surface area contributed by atoms with Crippen molar-refractivity contribution >= 4 is 5.97 Å². The average molecular weight is 214 g/mol. The first-order valence-electron chi connectivity index (χ1n) is 6.40. The maximum Gasteiger partial charge on any atom is 0.306 e. The molecule has 0 aromatic carbocycles. The Kier molecular flexibility index (Phi) is 9.65. The zero-order chi connectivity index (χ0) is 11.5. The van der Waals surface area contributed by atoms with Gasteiger partial charge in [-0.1, -0.05) is 46.0 Å². The number of rotatable bonds is 9. The summed E-state index contributed by atoms with van der Waals surface area (Å²) in [7, 11) is 0. The van der Waals surface area contributed by atoms with Gasteiger partial charge in [0.15, 0.2) is 0 Å². The van der Waals surface area contributed by atoms with E-state index in [0.29, 0.717) is 6.42 Å². The molecule has 0 bridgehead atoms. The van der Waals surface area contributed by atoms with Crippen LogP contribution in [-0.4, -0.2) is 12.1 Å². The number of hydrogen-bond donors (Lipinski definition) is 0. The molecule has 0 saturated heterocycles. The van der Waals surface area contributed by atoms with Crippen LogP contribution in [0.3, 0.4) is 0 Å². The van der Waals surface area contributed by atoms with Crippen LogP contribution in [0, 0.1) is 0 Å². The van der Waals surface area contributed by atoms with Gasteiger partial charge in [-0.15, -0.1) is 0 Å². The van der Waals surface area contributed by atoms with E-state index in [2.05, 4.69) is 6.92 Å². The summed E-state index contributed by atoms with van der Waals surface area (Å²) < 4.78 is 5.19. The van der Waals surface area contributed by atoms with Crippen molar-refractivity contribution in [2.24, 2.45) is 0 Å². The number of carbonyl (C=O) groups is 1. The van der Waals surface area contributed by atoms with E-state index in [0.717, 1.165) is 19.3 Å². The van der Waals surface area contributed by atoms with Crippen LogP contribution < -0.4 is 0 Å². The first-order chi connectivity index (χ1) is 7.20. The minimum atomic E-state index is -0.0279. The summed E-state index contributed by atoms with van der Waals surface area (Å²) in [5, 5.41) is 0. The smallest absolute Gasteiger partial charge is 0.306 e. The lowest BCUT2D eigenvalue weighted by molar-refractivity contribution is -0.148. The molecule has 0 aliphatic carbocycles. The molecule has 0 rings (SSSR count). The standard InChI is InChI=1S/C13H26O2/c1-4-6-7-8-9-10-11-13(14)15-12(3)5-2/h12H,4-11H2,1-3H3/t12-/m0/s1. The molecule has 0 aliphatic heterocycles. The number of ether oxygens (including phenoxy) is 1. The van der Waals surface area contributed by atoms with Crippen LogP contribution in [0.4, 0.5) is 0 Å². The summed E-state index contributed by atoms with van der Waals surface area (Å²) >= 11 is 0. The molecule has 90 valence electrons. The summed E-state index contributed by atoms with van der Waals surface area (Å²) in [6, 6.07) is 0. The number of hydrogen-bond acceptors (Lipinski definition) is 2. The van der Waals surface area contributed by atoms with E-state index < -0.39 is 0 Å². The minimum Gasteiger partial charge on any atom is -0.463 e. The summed E-state index contributed by atoms with van der Waals surface area (Å²) in [6.45, 7) is 6.19. The first-order valence-corrected chi connectivity index (χ1v) is 6.40. The van der Waals surface area contributed by atoms with Crippen molar-refractivity contribution < 1.29 is 9.53 Å². The van der Waals surface area contributed by atoms with Crippen LogP contribution in [-0.2, 0) is 9.53 Å². The van der Waals surface area contributed by atoms with Gasteiger partial charge in [0.25, 0.3) is 0 Å². The quantitative estimate of drug-likeness (QED) is 0.427. The fraction of sp³-hybridized carbons (Fsp3) is 0.923. The van der Waals surface area contributed by atoms with E-state index >= 15 is 0 Å². The zero-order valence-corrected chi connectivity index (χ0v) is 10.6. The Balaban J connectivity index is 3.24. The monoisotopic (exact) mass is 214 g/mol. The third-order valence-corrected chi connectivity index (χ3v) is 2.64. The maximum absolute atomic E-state index is 11.3. The predicted octanol–water partition coefficient (Wildman–Crippen LogP) is 4.08. The lowest BCUT2D eigenvalue weighted by Crippen LogP contribution is -2.13. The Morgan fingerprint density at radius 2 is 1.67 bits per heavy atom. The summed E-state index contributed by atoms with van der Waals surface area (Å²) in [4.78, 5) is 11.3. The van der Waals surface area contributed by atoms with Crippen molar-refractivity contribution in [3.8, 4) is 0 Å². The molecule has 0 unspecified atom stereocenters. The van der Waals surface area contributed by atoms with Crippen LogP contribution >= 0.6 is 0 Å². The van der Waals surface area contributed by atoms with Gasteiger partial charge < -0.3 is 4.74 Å². The highest BCUT2D eigenvalue weighted by Gasteiger charge is 2.06. The minimum absolute atomic E-state index is 0.0279. The number of esters is 1. The Bertz CT molecular complexity index is 155. The summed E-state index contributed by atoms with van der Waals surface area (Å²) in [5.74, 6) is -0.0279. The molecule has 2 nitrogen and oxygen atoms in total. The zero-order valence-electron chi connectivity index (χ0n) is 10.6.